The molecular formula is C20H33N3O3S. The van der Waals surface area contributed by atoms with Crippen LogP contribution in [0.1, 0.15) is 24.8 Å². The Balaban J connectivity index is 1.63. The Kier molecular flexibility index (Phi) is 10.4. The lowest BCUT2D eigenvalue weighted by Crippen LogP contribution is -2.47. The first-order valence-corrected chi connectivity index (χ1v) is 11.2. The zero-order valence-electron chi connectivity index (χ0n) is 16.6. The van der Waals surface area contributed by atoms with E-state index >= 15 is 0 Å². The number of nitrogens with zero attached hydrogens (tertiary/aromatic N) is 2. The third-order valence-electron chi connectivity index (χ3n) is 4.58. The van der Waals surface area contributed by atoms with Crippen LogP contribution in [0.2, 0.25) is 0 Å². The van der Waals surface area contributed by atoms with Gasteiger partial charge in [0, 0.05) is 69.3 Å². The third-order valence-corrected chi connectivity index (χ3v) is 5.90. The number of guanidine groups is 1. The van der Waals surface area contributed by atoms with Gasteiger partial charge in [0.25, 0.3) is 0 Å². The van der Waals surface area contributed by atoms with Gasteiger partial charge >= 0.3 is 0 Å². The second-order valence-corrected chi connectivity index (χ2v) is 8.23. The Labute approximate surface area is 165 Å². The predicted octanol–water partition coefficient (Wildman–Crippen LogP) is 2.03. The van der Waals surface area contributed by atoms with Crippen LogP contribution in [0.4, 0.5) is 0 Å². The molecule has 2 rings (SSSR count). The van der Waals surface area contributed by atoms with E-state index in [2.05, 4.69) is 15.2 Å². The van der Waals surface area contributed by atoms with Gasteiger partial charge in [0.05, 0.1) is 6.10 Å². The molecule has 0 saturated carbocycles. The Morgan fingerprint density at radius 2 is 2.00 bits per heavy atom. The summed E-state index contributed by atoms with van der Waals surface area (Å²) >= 11 is 0. The smallest absolute Gasteiger partial charge is 0.193 e. The van der Waals surface area contributed by atoms with E-state index in [-0.39, 0.29) is 0 Å². The summed E-state index contributed by atoms with van der Waals surface area (Å²) < 4.78 is 23.2. The Morgan fingerprint density at radius 3 is 2.67 bits per heavy atom. The van der Waals surface area contributed by atoms with Crippen LogP contribution in [0.5, 0.6) is 0 Å². The van der Waals surface area contributed by atoms with Gasteiger partial charge in [0.15, 0.2) is 5.96 Å². The van der Waals surface area contributed by atoms with Crippen molar-refractivity contribution >= 4 is 16.8 Å². The minimum absolute atomic E-state index is 0.328. The number of rotatable bonds is 10. The fraction of sp³-hybridized carbons (Fsp3) is 0.650. The Morgan fingerprint density at radius 1 is 1.26 bits per heavy atom. The lowest BCUT2D eigenvalue weighted by atomic mass is 10.1. The molecule has 0 aliphatic carbocycles. The molecule has 1 N–H and O–H groups in total. The van der Waals surface area contributed by atoms with Crippen LogP contribution in [0.15, 0.2) is 35.3 Å². The molecule has 7 heteroatoms. The second kappa shape index (κ2) is 12.9. The summed E-state index contributed by atoms with van der Waals surface area (Å²) in [4.78, 5) is 6.64. The minimum atomic E-state index is -0.872. The van der Waals surface area contributed by atoms with Crippen LogP contribution in [0, 0.1) is 0 Å². The van der Waals surface area contributed by atoms with Crippen molar-refractivity contribution in [3.63, 3.8) is 0 Å². The van der Waals surface area contributed by atoms with E-state index in [4.69, 9.17) is 9.47 Å². The van der Waals surface area contributed by atoms with Crippen molar-refractivity contribution < 1.29 is 13.7 Å². The molecule has 0 aromatic heterocycles. The number of hydrogen-bond acceptors (Lipinski definition) is 4. The highest BCUT2D eigenvalue weighted by Gasteiger charge is 2.21. The molecule has 1 aliphatic heterocycles. The quantitative estimate of drug-likeness (QED) is 0.373. The number of benzene rings is 1. The van der Waals surface area contributed by atoms with E-state index in [0.717, 1.165) is 57.1 Å². The summed E-state index contributed by atoms with van der Waals surface area (Å²) in [6.45, 7) is 4.04. The molecule has 1 aromatic rings. The third kappa shape index (κ3) is 8.41. The maximum atomic E-state index is 12.2. The first kappa shape index (κ1) is 21.9. The van der Waals surface area contributed by atoms with E-state index in [0.29, 0.717) is 24.2 Å². The molecule has 1 atom stereocenters. The molecule has 0 bridgehead atoms. The Hall–Kier alpha value is -1.44. The second-order valence-electron chi connectivity index (χ2n) is 6.65. The summed E-state index contributed by atoms with van der Waals surface area (Å²) in [7, 11) is 2.65. The van der Waals surface area contributed by atoms with Crippen molar-refractivity contribution in [1.29, 1.82) is 0 Å². The molecule has 1 fully saturated rings. The normalized spacial score (nSPS) is 17.1. The lowest BCUT2D eigenvalue weighted by molar-refractivity contribution is 0.00993. The maximum absolute atomic E-state index is 12.2. The van der Waals surface area contributed by atoms with E-state index in [9.17, 15) is 4.21 Å². The number of likely N-dealkylation sites (tertiary alicyclic amines) is 1. The Bertz CT molecular complexity index is 575. The van der Waals surface area contributed by atoms with Crippen LogP contribution < -0.4 is 5.32 Å². The summed E-state index contributed by atoms with van der Waals surface area (Å²) in [5.74, 6) is 2.12. The van der Waals surface area contributed by atoms with Gasteiger partial charge in [-0.3, -0.25) is 9.20 Å². The molecule has 0 spiro atoms. The van der Waals surface area contributed by atoms with Gasteiger partial charge in [-0.25, -0.2) is 0 Å². The molecule has 1 unspecified atom stereocenters. The first-order valence-electron chi connectivity index (χ1n) is 9.68. The molecule has 1 saturated heterocycles. The molecule has 1 aromatic carbocycles. The number of methoxy groups -OCH3 is 1. The number of ether oxygens (including phenoxy) is 2. The molecule has 27 heavy (non-hydrogen) atoms. The molecule has 1 aliphatic rings. The number of aliphatic imine (C=N–C) groups is 1. The highest BCUT2D eigenvalue weighted by Crippen LogP contribution is 2.14. The minimum Gasteiger partial charge on any atom is -0.385 e. The van der Waals surface area contributed by atoms with E-state index in [1.54, 1.807) is 14.2 Å². The summed E-state index contributed by atoms with van der Waals surface area (Å²) in [6.07, 6.45) is 3.29. The largest absolute Gasteiger partial charge is 0.385 e. The summed E-state index contributed by atoms with van der Waals surface area (Å²) in [5, 5.41) is 3.36. The topological polar surface area (TPSA) is 63.2 Å². The summed E-state index contributed by atoms with van der Waals surface area (Å²) in [5.41, 5.74) is 1.12. The number of hydrogen-bond donors (Lipinski definition) is 1. The van der Waals surface area contributed by atoms with E-state index < -0.39 is 10.8 Å². The van der Waals surface area contributed by atoms with Gasteiger partial charge in [-0.1, -0.05) is 30.3 Å². The van der Waals surface area contributed by atoms with Crippen LogP contribution in [-0.4, -0.2) is 73.9 Å². The molecule has 0 amide bonds. The van der Waals surface area contributed by atoms with Crippen LogP contribution in [-0.2, 0) is 26.0 Å². The standard InChI is InChI=1S/C20H33N3O3S/c1-21-20(22-11-16-27(24)17-18-7-4-3-5-8-18)23-12-9-19(10-13-23)26-15-6-14-25-2/h3-5,7-8,19H,6,9-17H2,1-2H3,(H,21,22). The van der Waals surface area contributed by atoms with E-state index in [1.165, 1.54) is 0 Å². The molecule has 0 radical (unpaired) electrons. The van der Waals surface area contributed by atoms with Gasteiger partial charge in [-0.05, 0) is 24.8 Å². The van der Waals surface area contributed by atoms with Gasteiger partial charge in [-0.15, -0.1) is 0 Å². The predicted molar refractivity (Wildman–Crippen MR) is 112 cm³/mol. The van der Waals surface area contributed by atoms with E-state index in [1.807, 2.05) is 30.3 Å². The van der Waals surface area contributed by atoms with Crippen molar-refractivity contribution in [2.24, 2.45) is 4.99 Å². The monoisotopic (exact) mass is 395 g/mol. The van der Waals surface area contributed by atoms with Gasteiger partial charge in [-0.2, -0.15) is 0 Å². The zero-order valence-corrected chi connectivity index (χ0v) is 17.4. The molecule has 6 nitrogen and oxygen atoms in total. The molecule has 152 valence electrons. The fourth-order valence-electron chi connectivity index (χ4n) is 3.13. The van der Waals surface area contributed by atoms with Crippen molar-refractivity contribution in [2.45, 2.75) is 31.1 Å². The highest BCUT2D eigenvalue weighted by atomic mass is 32.2. The van der Waals surface area contributed by atoms with Gasteiger partial charge in [0.1, 0.15) is 0 Å². The number of piperidine rings is 1. The van der Waals surface area contributed by atoms with Crippen LogP contribution in [0.25, 0.3) is 0 Å². The van der Waals surface area contributed by atoms with Gasteiger partial charge < -0.3 is 19.7 Å². The molecular weight excluding hydrogens is 362 g/mol. The summed E-state index contributed by atoms with van der Waals surface area (Å²) in [6, 6.07) is 9.98. The average molecular weight is 396 g/mol. The van der Waals surface area contributed by atoms with Crippen molar-refractivity contribution in [3.05, 3.63) is 35.9 Å². The highest BCUT2D eigenvalue weighted by molar-refractivity contribution is 7.84. The number of nitrogens with one attached hydrogen (secondary N) is 1. The van der Waals surface area contributed by atoms with Crippen LogP contribution in [0.3, 0.4) is 0 Å². The van der Waals surface area contributed by atoms with Crippen molar-refractivity contribution in [1.82, 2.24) is 10.2 Å². The van der Waals surface area contributed by atoms with Crippen molar-refractivity contribution in [2.75, 3.05) is 52.8 Å². The zero-order chi connectivity index (χ0) is 19.3. The van der Waals surface area contributed by atoms with Crippen molar-refractivity contribution in [3.8, 4) is 0 Å². The molecule has 1 heterocycles. The maximum Gasteiger partial charge on any atom is 0.193 e. The van der Waals surface area contributed by atoms with Crippen LogP contribution >= 0.6 is 0 Å². The first-order chi connectivity index (χ1) is 13.2. The average Bonchev–Trinajstić information content (AvgIpc) is 2.70. The lowest BCUT2D eigenvalue weighted by Gasteiger charge is -2.34. The fourth-order valence-corrected chi connectivity index (χ4v) is 4.17. The SMILES string of the molecule is CN=C(NCCS(=O)Cc1ccccc1)N1CCC(OCCCOC)CC1. The van der Waals surface area contributed by atoms with Gasteiger partial charge in [0.2, 0.25) is 0 Å².